The zero-order chi connectivity index (χ0) is 12.9. The van der Waals surface area contributed by atoms with Crippen LogP contribution in [0.3, 0.4) is 0 Å². The molecule has 2 heteroatoms. The average Bonchev–Trinajstić information content (AvgIpc) is 2.50. The Morgan fingerprint density at radius 1 is 1.05 bits per heavy atom. The second-order valence-electron chi connectivity index (χ2n) is 6.06. The number of ether oxygens (including phenoxy) is 1. The Labute approximate surface area is 116 Å². The van der Waals surface area contributed by atoms with Crippen LogP contribution in [0.25, 0.3) is 0 Å². The van der Waals surface area contributed by atoms with Crippen LogP contribution in [0.1, 0.15) is 24.8 Å². The maximum Gasteiger partial charge on any atom is 0.0468 e. The SMILES string of the molecule is c1ccc(CC2CNCCC2C2CCOCC2)cc1. The molecule has 0 aromatic heterocycles. The van der Waals surface area contributed by atoms with Gasteiger partial charge in [0.1, 0.15) is 0 Å². The molecule has 1 aromatic rings. The molecule has 0 bridgehead atoms. The summed E-state index contributed by atoms with van der Waals surface area (Å²) >= 11 is 0. The molecule has 2 unspecified atom stereocenters. The minimum absolute atomic E-state index is 0.805. The third-order valence-electron chi connectivity index (χ3n) is 4.88. The van der Waals surface area contributed by atoms with E-state index in [0.29, 0.717) is 0 Å². The Morgan fingerprint density at radius 3 is 2.63 bits per heavy atom. The molecule has 2 aliphatic heterocycles. The zero-order valence-corrected chi connectivity index (χ0v) is 11.7. The van der Waals surface area contributed by atoms with Crippen molar-refractivity contribution in [2.45, 2.75) is 25.7 Å². The molecular weight excluding hydrogens is 234 g/mol. The van der Waals surface area contributed by atoms with Gasteiger partial charge in [0.15, 0.2) is 0 Å². The summed E-state index contributed by atoms with van der Waals surface area (Å²) < 4.78 is 5.53. The highest BCUT2D eigenvalue weighted by Crippen LogP contribution is 2.35. The van der Waals surface area contributed by atoms with Crippen molar-refractivity contribution in [3.05, 3.63) is 35.9 Å². The van der Waals surface area contributed by atoms with Crippen molar-refractivity contribution in [1.82, 2.24) is 5.32 Å². The molecule has 2 nitrogen and oxygen atoms in total. The molecule has 19 heavy (non-hydrogen) atoms. The molecule has 2 fully saturated rings. The molecule has 0 saturated carbocycles. The molecule has 0 amide bonds. The van der Waals surface area contributed by atoms with Crippen LogP contribution < -0.4 is 5.32 Å². The molecule has 3 rings (SSSR count). The summed E-state index contributed by atoms with van der Waals surface area (Å²) in [5.41, 5.74) is 1.49. The van der Waals surface area contributed by atoms with E-state index >= 15 is 0 Å². The van der Waals surface area contributed by atoms with Gasteiger partial charge >= 0.3 is 0 Å². The molecule has 104 valence electrons. The quantitative estimate of drug-likeness (QED) is 0.901. The molecule has 0 radical (unpaired) electrons. The van der Waals surface area contributed by atoms with Gasteiger partial charge in [-0.05, 0) is 62.1 Å². The molecule has 2 saturated heterocycles. The van der Waals surface area contributed by atoms with Crippen LogP contribution in [0.15, 0.2) is 30.3 Å². The van der Waals surface area contributed by atoms with Gasteiger partial charge in [-0.3, -0.25) is 0 Å². The molecule has 2 atom stereocenters. The van der Waals surface area contributed by atoms with Crippen molar-refractivity contribution in [1.29, 1.82) is 0 Å². The first-order chi connectivity index (χ1) is 9.43. The first-order valence-corrected chi connectivity index (χ1v) is 7.76. The van der Waals surface area contributed by atoms with Crippen LogP contribution in [0, 0.1) is 17.8 Å². The van der Waals surface area contributed by atoms with E-state index in [1.807, 2.05) is 0 Å². The Morgan fingerprint density at radius 2 is 1.84 bits per heavy atom. The van der Waals surface area contributed by atoms with Gasteiger partial charge < -0.3 is 10.1 Å². The maximum atomic E-state index is 5.53. The van der Waals surface area contributed by atoms with E-state index in [1.165, 1.54) is 44.3 Å². The monoisotopic (exact) mass is 259 g/mol. The summed E-state index contributed by atoms with van der Waals surface area (Å²) in [7, 11) is 0. The van der Waals surface area contributed by atoms with Crippen LogP contribution in [0.2, 0.25) is 0 Å². The number of benzene rings is 1. The standard InChI is InChI=1S/C17H25NO/c1-2-4-14(5-3-1)12-16-13-18-9-6-17(16)15-7-10-19-11-8-15/h1-5,15-18H,6-13H2. The Balaban J connectivity index is 1.66. The Hall–Kier alpha value is -0.860. The van der Waals surface area contributed by atoms with E-state index in [1.54, 1.807) is 0 Å². The fraction of sp³-hybridized carbons (Fsp3) is 0.647. The zero-order valence-electron chi connectivity index (χ0n) is 11.7. The lowest BCUT2D eigenvalue weighted by Crippen LogP contribution is -2.42. The van der Waals surface area contributed by atoms with Gasteiger partial charge in [-0.25, -0.2) is 0 Å². The molecule has 2 aliphatic rings. The minimum atomic E-state index is 0.805. The van der Waals surface area contributed by atoms with Crippen LogP contribution in [-0.4, -0.2) is 26.3 Å². The van der Waals surface area contributed by atoms with E-state index in [2.05, 4.69) is 35.6 Å². The predicted octanol–water partition coefficient (Wildman–Crippen LogP) is 2.88. The Bertz CT molecular complexity index is 372. The van der Waals surface area contributed by atoms with Gasteiger partial charge in [0.25, 0.3) is 0 Å². The van der Waals surface area contributed by atoms with E-state index in [0.717, 1.165) is 31.0 Å². The topological polar surface area (TPSA) is 21.3 Å². The van der Waals surface area contributed by atoms with Crippen molar-refractivity contribution in [3.8, 4) is 0 Å². The number of rotatable bonds is 3. The van der Waals surface area contributed by atoms with Crippen molar-refractivity contribution in [2.75, 3.05) is 26.3 Å². The van der Waals surface area contributed by atoms with Crippen LogP contribution in [0.5, 0.6) is 0 Å². The van der Waals surface area contributed by atoms with Crippen LogP contribution in [-0.2, 0) is 11.2 Å². The van der Waals surface area contributed by atoms with Gasteiger partial charge in [0, 0.05) is 13.2 Å². The van der Waals surface area contributed by atoms with Crippen molar-refractivity contribution >= 4 is 0 Å². The van der Waals surface area contributed by atoms with Crippen LogP contribution in [0.4, 0.5) is 0 Å². The summed E-state index contributed by atoms with van der Waals surface area (Å²) in [6.07, 6.45) is 5.13. The van der Waals surface area contributed by atoms with Gasteiger partial charge in [0.2, 0.25) is 0 Å². The summed E-state index contributed by atoms with van der Waals surface area (Å²) in [6, 6.07) is 11.0. The van der Waals surface area contributed by atoms with Gasteiger partial charge in [-0.15, -0.1) is 0 Å². The molecule has 1 aromatic carbocycles. The summed E-state index contributed by atoms with van der Waals surface area (Å²) in [6.45, 7) is 4.35. The number of nitrogens with one attached hydrogen (secondary N) is 1. The first-order valence-electron chi connectivity index (χ1n) is 7.76. The second kappa shape index (κ2) is 6.53. The second-order valence-corrected chi connectivity index (χ2v) is 6.06. The highest BCUT2D eigenvalue weighted by molar-refractivity contribution is 5.15. The van der Waals surface area contributed by atoms with Crippen molar-refractivity contribution < 1.29 is 4.74 Å². The normalized spacial score (nSPS) is 29.3. The third kappa shape index (κ3) is 3.37. The largest absolute Gasteiger partial charge is 0.381 e. The lowest BCUT2D eigenvalue weighted by Gasteiger charge is -2.39. The van der Waals surface area contributed by atoms with Crippen molar-refractivity contribution in [2.24, 2.45) is 17.8 Å². The summed E-state index contributed by atoms with van der Waals surface area (Å²) in [5, 5.41) is 3.59. The molecular formula is C17H25NO. The highest BCUT2D eigenvalue weighted by Gasteiger charge is 2.32. The number of hydrogen-bond acceptors (Lipinski definition) is 2. The summed E-state index contributed by atoms with van der Waals surface area (Å²) in [5.74, 6) is 2.59. The molecule has 0 aliphatic carbocycles. The van der Waals surface area contributed by atoms with E-state index in [-0.39, 0.29) is 0 Å². The lowest BCUT2D eigenvalue weighted by molar-refractivity contribution is 0.0262. The fourth-order valence-electron chi connectivity index (χ4n) is 3.85. The number of piperidine rings is 1. The molecule has 1 N–H and O–H groups in total. The van der Waals surface area contributed by atoms with Crippen molar-refractivity contribution in [3.63, 3.8) is 0 Å². The summed E-state index contributed by atoms with van der Waals surface area (Å²) in [4.78, 5) is 0. The van der Waals surface area contributed by atoms with Gasteiger partial charge in [-0.1, -0.05) is 30.3 Å². The lowest BCUT2D eigenvalue weighted by atomic mass is 9.72. The van der Waals surface area contributed by atoms with Crippen LogP contribution >= 0.6 is 0 Å². The highest BCUT2D eigenvalue weighted by atomic mass is 16.5. The van der Waals surface area contributed by atoms with Gasteiger partial charge in [0.05, 0.1) is 0 Å². The third-order valence-corrected chi connectivity index (χ3v) is 4.88. The minimum Gasteiger partial charge on any atom is -0.381 e. The fourth-order valence-corrected chi connectivity index (χ4v) is 3.85. The smallest absolute Gasteiger partial charge is 0.0468 e. The molecule has 2 heterocycles. The maximum absolute atomic E-state index is 5.53. The Kier molecular flexibility index (Phi) is 4.52. The average molecular weight is 259 g/mol. The first kappa shape index (κ1) is 13.1. The van der Waals surface area contributed by atoms with Gasteiger partial charge in [-0.2, -0.15) is 0 Å². The number of hydrogen-bond donors (Lipinski definition) is 1. The van der Waals surface area contributed by atoms with E-state index in [4.69, 9.17) is 4.74 Å². The van der Waals surface area contributed by atoms with E-state index < -0.39 is 0 Å². The molecule has 0 spiro atoms. The van der Waals surface area contributed by atoms with E-state index in [9.17, 15) is 0 Å². The predicted molar refractivity (Wildman–Crippen MR) is 78.2 cm³/mol.